The fraction of sp³-hybridized carbons (Fsp3) is 0.250. The van der Waals surface area contributed by atoms with Crippen LogP contribution < -0.4 is 10.1 Å². The van der Waals surface area contributed by atoms with Crippen molar-refractivity contribution in [2.75, 3.05) is 7.11 Å². The molecular weight excluding hydrogens is 274 g/mol. The number of hydrogen-bond donors (Lipinski definition) is 2. The van der Waals surface area contributed by atoms with Crippen molar-refractivity contribution in [1.82, 2.24) is 5.32 Å². The molecule has 4 heteroatoms. The maximum Gasteiger partial charge on any atom is 0.120 e. The summed E-state index contributed by atoms with van der Waals surface area (Å²) in [6, 6.07) is 13.1. The number of aromatic hydroxyl groups is 1. The molecule has 2 aromatic rings. The van der Waals surface area contributed by atoms with Crippen molar-refractivity contribution >= 4 is 11.6 Å². The summed E-state index contributed by atoms with van der Waals surface area (Å²) in [5, 5.41) is 13.8. The predicted molar refractivity (Wildman–Crippen MR) is 81.4 cm³/mol. The van der Waals surface area contributed by atoms with Crippen LogP contribution in [0.4, 0.5) is 0 Å². The van der Waals surface area contributed by atoms with Gasteiger partial charge in [0.15, 0.2) is 0 Å². The van der Waals surface area contributed by atoms with Crippen LogP contribution in [-0.2, 0) is 6.54 Å². The van der Waals surface area contributed by atoms with Crippen LogP contribution in [0.15, 0.2) is 42.5 Å². The first kappa shape index (κ1) is 14.7. The van der Waals surface area contributed by atoms with Gasteiger partial charge in [0, 0.05) is 23.2 Å². The first-order valence-corrected chi connectivity index (χ1v) is 6.82. The summed E-state index contributed by atoms with van der Waals surface area (Å²) in [6.07, 6.45) is 0. The highest BCUT2D eigenvalue weighted by molar-refractivity contribution is 6.30. The smallest absolute Gasteiger partial charge is 0.120 e. The van der Waals surface area contributed by atoms with Crippen molar-refractivity contribution in [2.45, 2.75) is 19.5 Å². The summed E-state index contributed by atoms with van der Waals surface area (Å²) in [7, 11) is 1.65. The van der Waals surface area contributed by atoms with Gasteiger partial charge in [0.1, 0.15) is 11.5 Å². The van der Waals surface area contributed by atoms with E-state index in [0.717, 1.165) is 16.9 Å². The highest BCUT2D eigenvalue weighted by Gasteiger charge is 2.08. The summed E-state index contributed by atoms with van der Waals surface area (Å²) in [5.74, 6) is 1.08. The molecule has 0 radical (unpaired) electrons. The Morgan fingerprint density at radius 1 is 1.25 bits per heavy atom. The summed E-state index contributed by atoms with van der Waals surface area (Å²) in [6.45, 7) is 2.61. The van der Waals surface area contributed by atoms with Gasteiger partial charge in [-0.05, 0) is 42.8 Å². The zero-order valence-corrected chi connectivity index (χ0v) is 12.3. The molecule has 0 heterocycles. The Balaban J connectivity index is 2.04. The van der Waals surface area contributed by atoms with E-state index < -0.39 is 0 Å². The Hall–Kier alpha value is -1.71. The van der Waals surface area contributed by atoms with Gasteiger partial charge in [-0.15, -0.1) is 0 Å². The number of halogens is 1. The summed E-state index contributed by atoms with van der Waals surface area (Å²) in [4.78, 5) is 0. The maximum atomic E-state index is 9.78. The number of nitrogens with one attached hydrogen (secondary N) is 1. The fourth-order valence-corrected chi connectivity index (χ4v) is 2.18. The monoisotopic (exact) mass is 291 g/mol. The fourth-order valence-electron chi connectivity index (χ4n) is 1.99. The van der Waals surface area contributed by atoms with Gasteiger partial charge in [0.05, 0.1) is 7.11 Å². The Kier molecular flexibility index (Phi) is 4.88. The van der Waals surface area contributed by atoms with Crippen LogP contribution in [0, 0.1) is 0 Å². The summed E-state index contributed by atoms with van der Waals surface area (Å²) in [5.41, 5.74) is 1.91. The average molecular weight is 292 g/mol. The number of methoxy groups -OCH3 is 1. The van der Waals surface area contributed by atoms with Gasteiger partial charge in [0.25, 0.3) is 0 Å². The second-order valence-electron chi connectivity index (χ2n) is 4.65. The van der Waals surface area contributed by atoms with Crippen LogP contribution >= 0.6 is 11.6 Å². The van der Waals surface area contributed by atoms with Gasteiger partial charge < -0.3 is 15.2 Å². The van der Waals surface area contributed by atoms with Crippen molar-refractivity contribution in [1.29, 1.82) is 0 Å². The molecule has 2 aromatic carbocycles. The molecule has 0 aliphatic carbocycles. The number of phenolic OH excluding ortho intramolecular Hbond substituents is 1. The lowest BCUT2D eigenvalue weighted by atomic mass is 10.1. The molecule has 0 saturated carbocycles. The van der Waals surface area contributed by atoms with Crippen LogP contribution in [0.2, 0.25) is 5.02 Å². The van der Waals surface area contributed by atoms with Crippen molar-refractivity contribution in [3.8, 4) is 11.5 Å². The van der Waals surface area contributed by atoms with Crippen molar-refractivity contribution in [2.24, 2.45) is 0 Å². The molecule has 1 atom stereocenters. The standard InChI is InChI=1S/C16H18ClNO2/c1-11(12-4-3-5-15(9-12)20-2)18-10-13-8-14(17)6-7-16(13)19/h3-9,11,18-19H,10H2,1-2H3/t11-/m0/s1. The van der Waals surface area contributed by atoms with Gasteiger partial charge in [-0.2, -0.15) is 0 Å². The molecule has 0 unspecified atom stereocenters. The number of rotatable bonds is 5. The lowest BCUT2D eigenvalue weighted by Gasteiger charge is -2.16. The maximum absolute atomic E-state index is 9.78. The lowest BCUT2D eigenvalue weighted by molar-refractivity contribution is 0.413. The minimum atomic E-state index is 0.142. The Morgan fingerprint density at radius 2 is 2.05 bits per heavy atom. The van der Waals surface area contributed by atoms with E-state index in [1.165, 1.54) is 0 Å². The van der Waals surface area contributed by atoms with Crippen molar-refractivity contribution in [3.05, 3.63) is 58.6 Å². The van der Waals surface area contributed by atoms with E-state index in [1.54, 1.807) is 25.3 Å². The third kappa shape index (κ3) is 3.65. The van der Waals surface area contributed by atoms with Gasteiger partial charge in [-0.3, -0.25) is 0 Å². The molecule has 2 N–H and O–H groups in total. The lowest BCUT2D eigenvalue weighted by Crippen LogP contribution is -2.18. The third-order valence-electron chi connectivity index (χ3n) is 3.23. The van der Waals surface area contributed by atoms with E-state index in [9.17, 15) is 5.11 Å². The molecule has 0 bridgehead atoms. The van der Waals surface area contributed by atoms with Crippen LogP contribution in [0.5, 0.6) is 11.5 Å². The number of ether oxygens (including phenoxy) is 1. The first-order chi connectivity index (χ1) is 9.60. The minimum Gasteiger partial charge on any atom is -0.508 e. The predicted octanol–water partition coefficient (Wildman–Crippen LogP) is 3.91. The second kappa shape index (κ2) is 6.64. The molecule has 0 aliphatic heterocycles. The molecule has 0 aliphatic rings. The van der Waals surface area contributed by atoms with Crippen LogP contribution in [0.1, 0.15) is 24.1 Å². The van der Waals surface area contributed by atoms with E-state index in [4.69, 9.17) is 16.3 Å². The zero-order chi connectivity index (χ0) is 14.5. The van der Waals surface area contributed by atoms with Gasteiger partial charge in [-0.1, -0.05) is 23.7 Å². The SMILES string of the molecule is COc1cccc([C@H](C)NCc2cc(Cl)ccc2O)c1. The van der Waals surface area contributed by atoms with Crippen molar-refractivity contribution in [3.63, 3.8) is 0 Å². The van der Waals surface area contributed by atoms with E-state index in [1.807, 2.05) is 24.3 Å². The largest absolute Gasteiger partial charge is 0.508 e. The highest BCUT2D eigenvalue weighted by Crippen LogP contribution is 2.23. The third-order valence-corrected chi connectivity index (χ3v) is 3.47. The van der Waals surface area contributed by atoms with E-state index in [2.05, 4.69) is 12.2 Å². The van der Waals surface area contributed by atoms with Gasteiger partial charge in [0.2, 0.25) is 0 Å². The number of phenols is 1. The Morgan fingerprint density at radius 3 is 2.80 bits per heavy atom. The minimum absolute atomic E-state index is 0.142. The van der Waals surface area contributed by atoms with Gasteiger partial charge >= 0.3 is 0 Å². The normalized spacial score (nSPS) is 12.2. The van der Waals surface area contributed by atoms with Crippen LogP contribution in [-0.4, -0.2) is 12.2 Å². The molecule has 0 saturated heterocycles. The van der Waals surface area contributed by atoms with Crippen LogP contribution in [0.25, 0.3) is 0 Å². The Labute approximate surface area is 124 Å². The van der Waals surface area contributed by atoms with E-state index in [-0.39, 0.29) is 11.8 Å². The molecule has 0 spiro atoms. The quantitative estimate of drug-likeness (QED) is 0.878. The zero-order valence-electron chi connectivity index (χ0n) is 11.6. The molecule has 0 aromatic heterocycles. The van der Waals surface area contributed by atoms with E-state index in [0.29, 0.717) is 11.6 Å². The molecule has 2 rings (SSSR count). The second-order valence-corrected chi connectivity index (χ2v) is 5.09. The molecule has 106 valence electrons. The average Bonchev–Trinajstić information content (AvgIpc) is 2.48. The molecule has 20 heavy (non-hydrogen) atoms. The number of hydrogen-bond acceptors (Lipinski definition) is 3. The molecule has 0 fully saturated rings. The molecular formula is C16H18ClNO2. The summed E-state index contributed by atoms with van der Waals surface area (Å²) < 4.78 is 5.22. The summed E-state index contributed by atoms with van der Waals surface area (Å²) >= 11 is 5.93. The Bertz CT molecular complexity index is 586. The highest BCUT2D eigenvalue weighted by atomic mass is 35.5. The van der Waals surface area contributed by atoms with Crippen molar-refractivity contribution < 1.29 is 9.84 Å². The molecule has 3 nitrogen and oxygen atoms in total. The number of benzene rings is 2. The topological polar surface area (TPSA) is 41.5 Å². The van der Waals surface area contributed by atoms with E-state index >= 15 is 0 Å². The molecule has 0 amide bonds. The van der Waals surface area contributed by atoms with Crippen LogP contribution in [0.3, 0.4) is 0 Å². The first-order valence-electron chi connectivity index (χ1n) is 6.45. The van der Waals surface area contributed by atoms with Gasteiger partial charge in [-0.25, -0.2) is 0 Å².